The Bertz CT molecular complexity index is 768. The van der Waals surface area contributed by atoms with E-state index in [1.165, 1.54) is 11.8 Å². The van der Waals surface area contributed by atoms with E-state index in [-0.39, 0.29) is 17.2 Å². The number of thioether (sulfide) groups is 1. The molecule has 2 rings (SSSR count). The number of rotatable bonds is 7. The minimum absolute atomic E-state index is 0.0590. The molecule has 23 heavy (non-hydrogen) atoms. The van der Waals surface area contributed by atoms with Crippen LogP contribution < -0.4 is 10.9 Å². The van der Waals surface area contributed by atoms with Gasteiger partial charge in [0.05, 0.1) is 16.7 Å². The lowest BCUT2D eigenvalue weighted by molar-refractivity contribution is -0.118. The van der Waals surface area contributed by atoms with Crippen LogP contribution in [0.2, 0.25) is 0 Å². The van der Waals surface area contributed by atoms with Crippen LogP contribution in [0.1, 0.15) is 13.8 Å². The first-order chi connectivity index (χ1) is 11.0. The molecule has 6 heteroatoms. The number of hydrogen-bond donors (Lipinski definition) is 1. The van der Waals surface area contributed by atoms with Crippen LogP contribution in [0.25, 0.3) is 10.9 Å². The maximum absolute atomic E-state index is 12.6. The number of carbonyl (C=O) groups excluding carboxylic acids is 1. The van der Waals surface area contributed by atoms with Gasteiger partial charge in [0.2, 0.25) is 5.91 Å². The summed E-state index contributed by atoms with van der Waals surface area (Å²) in [5.74, 6) is 0.576. The van der Waals surface area contributed by atoms with E-state index in [1.54, 1.807) is 22.8 Å². The molecule has 1 N–H and O–H groups in total. The number of aromatic nitrogens is 2. The molecule has 0 fully saturated rings. The van der Waals surface area contributed by atoms with Crippen molar-refractivity contribution in [2.24, 2.45) is 5.92 Å². The van der Waals surface area contributed by atoms with Crippen molar-refractivity contribution >= 4 is 28.6 Å². The lowest BCUT2D eigenvalue weighted by Gasteiger charge is -2.12. The van der Waals surface area contributed by atoms with Crippen molar-refractivity contribution in [3.05, 3.63) is 47.3 Å². The van der Waals surface area contributed by atoms with Crippen LogP contribution in [0.3, 0.4) is 0 Å². The average molecular weight is 331 g/mol. The predicted octanol–water partition coefficient (Wildman–Crippen LogP) is 2.45. The minimum atomic E-state index is -0.111. The summed E-state index contributed by atoms with van der Waals surface area (Å²) >= 11 is 1.27. The second-order valence-electron chi connectivity index (χ2n) is 5.60. The van der Waals surface area contributed by atoms with Gasteiger partial charge in [0.15, 0.2) is 5.16 Å². The third kappa shape index (κ3) is 4.45. The Morgan fingerprint density at radius 2 is 2.17 bits per heavy atom. The van der Waals surface area contributed by atoms with E-state index in [4.69, 9.17) is 0 Å². The molecule has 0 saturated heterocycles. The number of carbonyl (C=O) groups is 1. The van der Waals surface area contributed by atoms with Crippen molar-refractivity contribution in [2.75, 3.05) is 12.3 Å². The van der Waals surface area contributed by atoms with E-state index in [2.05, 4.69) is 16.9 Å². The van der Waals surface area contributed by atoms with Crippen LogP contribution >= 0.6 is 11.8 Å². The molecule has 0 atom stereocenters. The third-order valence-electron chi connectivity index (χ3n) is 3.18. The zero-order valence-electron chi connectivity index (χ0n) is 13.4. The fraction of sp³-hybridized carbons (Fsp3) is 0.353. The molecule has 0 aliphatic rings. The summed E-state index contributed by atoms with van der Waals surface area (Å²) in [4.78, 5) is 29.0. The molecule has 1 aromatic carbocycles. The topological polar surface area (TPSA) is 64.0 Å². The molecule has 0 bridgehead atoms. The van der Waals surface area contributed by atoms with Gasteiger partial charge < -0.3 is 5.32 Å². The fourth-order valence-corrected chi connectivity index (χ4v) is 2.89. The highest BCUT2D eigenvalue weighted by atomic mass is 32.2. The number of allylic oxidation sites excluding steroid dienone is 1. The average Bonchev–Trinajstić information content (AvgIpc) is 2.54. The highest BCUT2D eigenvalue weighted by molar-refractivity contribution is 7.99. The molecule has 0 spiro atoms. The maximum Gasteiger partial charge on any atom is 0.262 e. The summed E-state index contributed by atoms with van der Waals surface area (Å²) in [5, 5.41) is 3.97. The van der Waals surface area contributed by atoms with Crippen LogP contribution in [0.5, 0.6) is 0 Å². The second kappa shape index (κ2) is 7.97. The normalized spacial score (nSPS) is 10.9. The van der Waals surface area contributed by atoms with Gasteiger partial charge in [-0.3, -0.25) is 14.2 Å². The van der Waals surface area contributed by atoms with Crippen molar-refractivity contribution in [1.82, 2.24) is 14.9 Å². The predicted molar refractivity (Wildman–Crippen MR) is 94.8 cm³/mol. The van der Waals surface area contributed by atoms with E-state index >= 15 is 0 Å². The number of para-hydroxylation sites is 1. The third-order valence-corrected chi connectivity index (χ3v) is 4.15. The summed E-state index contributed by atoms with van der Waals surface area (Å²) in [7, 11) is 0. The van der Waals surface area contributed by atoms with Gasteiger partial charge in [-0.15, -0.1) is 6.58 Å². The molecule has 1 amide bonds. The molecule has 1 heterocycles. The summed E-state index contributed by atoms with van der Waals surface area (Å²) in [6.45, 7) is 8.78. The second-order valence-corrected chi connectivity index (χ2v) is 6.55. The highest BCUT2D eigenvalue weighted by Crippen LogP contribution is 2.17. The van der Waals surface area contributed by atoms with E-state index in [9.17, 15) is 9.59 Å². The van der Waals surface area contributed by atoms with Crippen LogP contribution in [-0.2, 0) is 11.3 Å². The largest absolute Gasteiger partial charge is 0.355 e. The van der Waals surface area contributed by atoms with Gasteiger partial charge in [-0.25, -0.2) is 4.98 Å². The standard InChI is InChI=1S/C17H21N3O2S/c1-4-9-20-16(22)13-7-5-6-8-14(13)19-17(20)23-11-15(21)18-10-12(2)3/h4-8,12H,1,9-11H2,2-3H3,(H,18,21). The number of nitrogens with zero attached hydrogens (tertiary/aromatic N) is 2. The Morgan fingerprint density at radius 1 is 1.43 bits per heavy atom. The van der Waals surface area contributed by atoms with Crippen LogP contribution in [-0.4, -0.2) is 27.8 Å². The van der Waals surface area contributed by atoms with E-state index in [0.717, 1.165) is 0 Å². The lowest BCUT2D eigenvalue weighted by atomic mass is 10.2. The number of hydrogen-bond acceptors (Lipinski definition) is 4. The zero-order valence-corrected chi connectivity index (χ0v) is 14.2. The lowest BCUT2D eigenvalue weighted by Crippen LogP contribution is -2.29. The van der Waals surface area contributed by atoms with Gasteiger partial charge in [0.25, 0.3) is 5.56 Å². The van der Waals surface area contributed by atoms with Gasteiger partial charge in [0, 0.05) is 13.1 Å². The first-order valence-corrected chi connectivity index (χ1v) is 8.51. The molecule has 0 saturated carbocycles. The quantitative estimate of drug-likeness (QED) is 0.481. The molecule has 5 nitrogen and oxygen atoms in total. The van der Waals surface area contributed by atoms with Crippen molar-refractivity contribution in [2.45, 2.75) is 25.5 Å². The van der Waals surface area contributed by atoms with Gasteiger partial charge in [0.1, 0.15) is 0 Å². The van der Waals surface area contributed by atoms with Crippen LogP contribution in [0.4, 0.5) is 0 Å². The number of amides is 1. The van der Waals surface area contributed by atoms with Crippen molar-refractivity contribution in [3.63, 3.8) is 0 Å². The van der Waals surface area contributed by atoms with Crippen LogP contribution in [0, 0.1) is 5.92 Å². The van der Waals surface area contributed by atoms with Gasteiger partial charge in [-0.2, -0.15) is 0 Å². The molecule has 0 aliphatic carbocycles. The minimum Gasteiger partial charge on any atom is -0.355 e. The van der Waals surface area contributed by atoms with Crippen molar-refractivity contribution < 1.29 is 4.79 Å². The van der Waals surface area contributed by atoms with Crippen molar-refractivity contribution in [1.29, 1.82) is 0 Å². The zero-order chi connectivity index (χ0) is 16.8. The Kier molecular flexibility index (Phi) is 5.98. The number of benzene rings is 1. The molecular weight excluding hydrogens is 310 g/mol. The van der Waals surface area contributed by atoms with E-state index in [0.29, 0.717) is 35.1 Å². The summed E-state index contributed by atoms with van der Waals surface area (Å²) in [6, 6.07) is 7.22. The Labute approximate surface area is 139 Å². The molecule has 0 radical (unpaired) electrons. The first-order valence-electron chi connectivity index (χ1n) is 7.53. The van der Waals surface area contributed by atoms with Gasteiger partial charge in [-0.05, 0) is 18.1 Å². The summed E-state index contributed by atoms with van der Waals surface area (Å²) in [5.41, 5.74) is 0.531. The summed E-state index contributed by atoms with van der Waals surface area (Å²) in [6.07, 6.45) is 1.65. The van der Waals surface area contributed by atoms with E-state index in [1.807, 2.05) is 26.0 Å². The molecular formula is C17H21N3O2S. The smallest absolute Gasteiger partial charge is 0.262 e. The fourth-order valence-electron chi connectivity index (χ4n) is 2.05. The monoisotopic (exact) mass is 331 g/mol. The SMILES string of the molecule is C=CCn1c(SCC(=O)NCC(C)C)nc2ccccc2c1=O. The Balaban J connectivity index is 2.25. The summed E-state index contributed by atoms with van der Waals surface area (Å²) < 4.78 is 1.55. The maximum atomic E-state index is 12.6. The molecule has 0 unspecified atom stereocenters. The Morgan fingerprint density at radius 3 is 2.87 bits per heavy atom. The highest BCUT2D eigenvalue weighted by Gasteiger charge is 2.12. The number of fused-ring (bicyclic) bond motifs is 1. The van der Waals surface area contributed by atoms with E-state index < -0.39 is 0 Å². The van der Waals surface area contributed by atoms with Gasteiger partial charge >= 0.3 is 0 Å². The Hall–Kier alpha value is -2.08. The molecule has 2 aromatic rings. The van der Waals surface area contributed by atoms with Gasteiger partial charge in [-0.1, -0.05) is 43.8 Å². The molecule has 1 aromatic heterocycles. The van der Waals surface area contributed by atoms with Crippen molar-refractivity contribution in [3.8, 4) is 0 Å². The molecule has 122 valence electrons. The van der Waals surface area contributed by atoms with Crippen LogP contribution in [0.15, 0.2) is 46.9 Å². The first kappa shape index (κ1) is 17.3. The number of nitrogens with one attached hydrogen (secondary N) is 1. The molecule has 0 aliphatic heterocycles.